The van der Waals surface area contributed by atoms with Gasteiger partial charge in [-0.05, 0) is 121 Å². The predicted octanol–water partition coefficient (Wildman–Crippen LogP) is 3.48. The second-order valence-electron chi connectivity index (χ2n) is 28.9. The number of rotatable bonds is 21. The molecule has 26 nitrogen and oxygen atoms in total. The third-order valence-corrected chi connectivity index (χ3v) is 18.9. The fourth-order valence-electron chi connectivity index (χ4n) is 11.8. The number of thioether (sulfide) groups is 1. The molecule has 6 N–H and O–H groups in total. The minimum absolute atomic E-state index is 0.0200. The summed E-state index contributed by atoms with van der Waals surface area (Å²) in [5, 5.41) is 34.6. The number of nitrogens with one attached hydrogen (secondary N) is 4. The number of Topliss-reactive ketones (excluding diaryl/α,β-unsaturated/α-hetero) is 1. The van der Waals surface area contributed by atoms with Crippen LogP contribution in [0.5, 0.6) is 0 Å². The lowest BCUT2D eigenvalue weighted by Gasteiger charge is -2.41. The topological polar surface area (TPSA) is 325 Å². The maximum Gasteiger partial charge on any atom is 0.305 e. The summed E-state index contributed by atoms with van der Waals surface area (Å²) in [6.07, 6.45) is 2.80. The number of ketones is 1. The number of esters is 1. The molecule has 0 saturated carbocycles. The van der Waals surface area contributed by atoms with Crippen LogP contribution in [0.2, 0.25) is 0 Å². The summed E-state index contributed by atoms with van der Waals surface area (Å²) in [5.74, 6) is -10.2. The van der Waals surface area contributed by atoms with E-state index in [1.807, 2.05) is 41.5 Å². The average Bonchev–Trinajstić information content (AvgIpc) is 0.828. The Morgan fingerprint density at radius 1 is 0.583 bits per heavy atom. The van der Waals surface area contributed by atoms with Gasteiger partial charge in [-0.3, -0.25) is 62.4 Å². The highest BCUT2D eigenvalue weighted by Gasteiger charge is 2.46. The van der Waals surface area contributed by atoms with Crippen LogP contribution in [-0.4, -0.2) is 268 Å². The first kappa shape index (κ1) is 87.8. The molecule has 96 heavy (non-hydrogen) atoms. The van der Waals surface area contributed by atoms with Gasteiger partial charge in [-0.15, -0.1) is 0 Å². The van der Waals surface area contributed by atoms with Crippen LogP contribution in [0.4, 0.5) is 0 Å². The zero-order chi connectivity index (χ0) is 74.3. The number of allylic oxidation sites excluding steroid dienone is 2. The lowest BCUT2D eigenvalue weighted by atomic mass is 9.91. The molecule has 550 valence electrons. The van der Waals surface area contributed by atoms with Crippen LogP contribution in [0.25, 0.3) is 0 Å². The van der Waals surface area contributed by atoms with Gasteiger partial charge in [0.25, 0.3) is 0 Å². The van der Waals surface area contributed by atoms with Gasteiger partial charge in [0.05, 0.1) is 31.4 Å². The van der Waals surface area contributed by atoms with Gasteiger partial charge in [-0.1, -0.05) is 95.2 Å². The molecule has 0 aromatic carbocycles. The number of aliphatic hydroxyl groups is 2. The van der Waals surface area contributed by atoms with E-state index >= 15 is 28.8 Å². The summed E-state index contributed by atoms with van der Waals surface area (Å²) < 4.78 is 4.82. The van der Waals surface area contributed by atoms with Gasteiger partial charge in [0.2, 0.25) is 59.1 Å². The van der Waals surface area contributed by atoms with Crippen molar-refractivity contribution in [3.63, 3.8) is 0 Å². The Kier molecular flexibility index (Phi) is 37.2. The van der Waals surface area contributed by atoms with E-state index in [2.05, 4.69) is 21.3 Å². The fourth-order valence-corrected chi connectivity index (χ4v) is 12.9. The molecule has 0 radical (unpaired) electrons. The first-order valence-electron chi connectivity index (χ1n) is 34.1. The molecule has 13 atom stereocenters. The summed E-state index contributed by atoms with van der Waals surface area (Å²) in [5.41, 5.74) is -1.53. The number of likely N-dealkylation sites (N-methyl/N-ethyl adjacent to an activating group) is 7. The van der Waals surface area contributed by atoms with Crippen molar-refractivity contribution >= 4 is 82.6 Å². The zero-order valence-electron chi connectivity index (χ0n) is 62.6. The van der Waals surface area contributed by atoms with Crippen LogP contribution in [0.3, 0.4) is 0 Å². The molecule has 0 bridgehead atoms. The minimum Gasteiger partial charge on any atom is -0.469 e. The molecular formula is C69H123N11O15S. The van der Waals surface area contributed by atoms with Crippen molar-refractivity contribution in [1.29, 1.82) is 0 Å². The second-order valence-corrected chi connectivity index (χ2v) is 30.0. The van der Waals surface area contributed by atoms with Crippen LogP contribution < -0.4 is 21.3 Å². The van der Waals surface area contributed by atoms with Gasteiger partial charge in [0, 0.05) is 60.9 Å². The number of hydrogen-bond donors (Lipinski definition) is 6. The Morgan fingerprint density at radius 3 is 1.53 bits per heavy atom. The minimum atomic E-state index is -1.67. The molecule has 1 rings (SSSR count). The van der Waals surface area contributed by atoms with E-state index < -0.39 is 173 Å². The Bertz CT molecular complexity index is 2650. The molecule has 1 saturated heterocycles. The molecule has 0 aromatic heterocycles. The molecular weight excluding hydrogens is 1250 g/mol. The lowest BCUT2D eigenvalue weighted by molar-refractivity contribution is -0.157. The van der Waals surface area contributed by atoms with Crippen molar-refractivity contribution < 1.29 is 72.5 Å². The fraction of sp³-hybridized carbons (Fsp3) is 0.797. The molecule has 1 aliphatic heterocycles. The third-order valence-electron chi connectivity index (χ3n) is 17.8. The normalized spacial score (nSPS) is 26.3. The Hall–Kier alpha value is -6.19. The summed E-state index contributed by atoms with van der Waals surface area (Å²) in [6, 6.07) is -14.2. The molecule has 10 amide bonds. The van der Waals surface area contributed by atoms with Crippen molar-refractivity contribution in [2.45, 2.75) is 247 Å². The van der Waals surface area contributed by atoms with Gasteiger partial charge < -0.3 is 65.6 Å². The molecule has 0 aromatic rings. The molecule has 1 aliphatic rings. The van der Waals surface area contributed by atoms with Gasteiger partial charge >= 0.3 is 5.97 Å². The number of carbonyl (C=O) groups is 12. The monoisotopic (exact) mass is 1380 g/mol. The highest BCUT2D eigenvalue weighted by molar-refractivity contribution is 7.99. The van der Waals surface area contributed by atoms with Crippen LogP contribution in [-0.2, 0) is 62.3 Å². The van der Waals surface area contributed by atoms with Crippen LogP contribution >= 0.6 is 11.8 Å². The molecule has 1 heterocycles. The van der Waals surface area contributed by atoms with E-state index in [1.165, 1.54) is 125 Å². The molecule has 0 unspecified atom stereocenters. The first-order chi connectivity index (χ1) is 44.3. The summed E-state index contributed by atoms with van der Waals surface area (Å²) in [6.45, 7) is 28.4. The van der Waals surface area contributed by atoms with Gasteiger partial charge in [0.15, 0.2) is 5.78 Å². The smallest absolute Gasteiger partial charge is 0.305 e. The van der Waals surface area contributed by atoms with Crippen molar-refractivity contribution in [3.05, 3.63) is 12.2 Å². The second kappa shape index (κ2) is 40.6. The number of nitrogens with zero attached hydrogens (tertiary/aromatic N) is 7. The van der Waals surface area contributed by atoms with E-state index in [1.54, 1.807) is 60.6 Å². The van der Waals surface area contributed by atoms with Crippen molar-refractivity contribution in [2.24, 2.45) is 35.5 Å². The zero-order valence-corrected chi connectivity index (χ0v) is 63.4. The highest BCUT2D eigenvalue weighted by Crippen LogP contribution is 2.27. The highest BCUT2D eigenvalue weighted by atomic mass is 32.2. The number of aliphatic hydroxyl groups excluding tert-OH is 1. The van der Waals surface area contributed by atoms with Crippen LogP contribution in [0.1, 0.15) is 169 Å². The third kappa shape index (κ3) is 26.2. The standard InChI is InChI=1S/C69H123N11O15S/c1-26-28-30-44(13)58(83)57-62(87)72-47(27-2)64(89)78(22)52(38-96-32-29-31-54(82)95-25)53(81)37-74(18)51(36-69(16,17)94)61(86)73-55(42(9)10)67(92)75(19)48(33-39(3)4)60(85)70-45(14)59(84)71-46(15)63(88)76(20)49(34-40(5)6)65(90)77(21)50(35-41(7)8)66(91)79(23)56(43(11)12)68(93)80(57)24/h26,28,39-52,55-58,83,94H,27,29-38H2,1-25H3,(H,70,85)(H,71,84)(H,72,87)(H,73,86)/b28-26+/t44-,45+,46-,47+,48+,49+,50+,51+,52+,55+,56+,57+,58-/m1/s1. The van der Waals surface area contributed by atoms with Crippen molar-refractivity contribution in [3.8, 4) is 0 Å². The lowest BCUT2D eigenvalue weighted by Crippen LogP contribution is -2.64. The summed E-state index contributed by atoms with van der Waals surface area (Å²) in [7, 11) is 11.2. The van der Waals surface area contributed by atoms with E-state index in [4.69, 9.17) is 4.74 Å². The van der Waals surface area contributed by atoms with E-state index in [0.717, 1.165) is 4.90 Å². The maximum atomic E-state index is 15.3. The van der Waals surface area contributed by atoms with E-state index in [0.29, 0.717) is 12.2 Å². The number of methoxy groups -OCH3 is 1. The SMILES string of the molecule is C/C=C/C[C@@H](C)[C@@H](O)[C@H]1C(=O)N[C@@H](CC)C(=O)N(C)[C@@H](CSCCCC(=O)OC)C(=O)CN(C)[C@@H](CC(C)(C)O)C(=O)N[C@@H](C(C)C)C(=O)N(C)[C@@H](CC(C)C)C(=O)N[C@@H](C)C(=O)N[C@H](C)C(=O)N(C)[C@@H](CC(C)C)C(=O)N(C)[C@@H](CC(C)C)C(=O)N(C)[C@@H](C(C)C)C(=O)N1C. The number of ether oxygens (including phenoxy) is 1. The molecule has 0 spiro atoms. The van der Waals surface area contributed by atoms with E-state index in [-0.39, 0.29) is 68.5 Å². The quantitative estimate of drug-likeness (QED) is 0.0544. The Morgan fingerprint density at radius 2 is 1.05 bits per heavy atom. The molecule has 27 heteroatoms. The molecule has 0 aliphatic carbocycles. The van der Waals surface area contributed by atoms with Gasteiger partial charge in [0.1, 0.15) is 60.4 Å². The predicted molar refractivity (Wildman–Crippen MR) is 372 cm³/mol. The van der Waals surface area contributed by atoms with Crippen molar-refractivity contribution in [2.75, 3.05) is 74.5 Å². The number of amides is 10. The number of carbonyl (C=O) groups excluding carboxylic acids is 12. The van der Waals surface area contributed by atoms with Crippen LogP contribution in [0.15, 0.2) is 12.2 Å². The van der Waals surface area contributed by atoms with Crippen molar-refractivity contribution in [1.82, 2.24) is 55.6 Å². The van der Waals surface area contributed by atoms with E-state index in [9.17, 15) is 39.0 Å². The van der Waals surface area contributed by atoms with Gasteiger partial charge in [-0.25, -0.2) is 0 Å². The molecule has 1 fully saturated rings. The maximum absolute atomic E-state index is 15.3. The summed E-state index contributed by atoms with van der Waals surface area (Å²) in [4.78, 5) is 184. The van der Waals surface area contributed by atoms with Crippen LogP contribution in [0, 0.1) is 35.5 Å². The Balaban J connectivity index is 4.52. The largest absolute Gasteiger partial charge is 0.469 e. The Labute approximate surface area is 577 Å². The average molecular weight is 1380 g/mol. The summed E-state index contributed by atoms with van der Waals surface area (Å²) >= 11 is 1.27. The van der Waals surface area contributed by atoms with Gasteiger partial charge in [-0.2, -0.15) is 11.8 Å². The number of hydrogen-bond acceptors (Lipinski definition) is 17. The first-order valence-corrected chi connectivity index (χ1v) is 35.2.